The molecule has 18 heavy (non-hydrogen) atoms. The first-order valence-electron chi connectivity index (χ1n) is 7.02. The molecule has 4 nitrogen and oxygen atoms in total. The van der Waals surface area contributed by atoms with Gasteiger partial charge >= 0.3 is 0 Å². The normalized spacial score (nSPS) is 18.2. The van der Waals surface area contributed by atoms with Crippen LogP contribution in [0.5, 0.6) is 0 Å². The molecule has 4 heteroatoms. The number of fused-ring (bicyclic) bond motifs is 1. The molecule has 0 radical (unpaired) electrons. The Hall–Kier alpha value is -1.16. The fourth-order valence-electron chi connectivity index (χ4n) is 2.52. The van der Waals surface area contributed by atoms with E-state index in [0.29, 0.717) is 5.92 Å². The van der Waals surface area contributed by atoms with Gasteiger partial charge in [-0.1, -0.05) is 0 Å². The monoisotopic (exact) mass is 246 g/mol. The second kappa shape index (κ2) is 4.84. The van der Waals surface area contributed by atoms with E-state index in [2.05, 4.69) is 24.3 Å². The Morgan fingerprint density at radius 2 is 2.06 bits per heavy atom. The number of hydrogen-bond donors (Lipinski definition) is 1. The highest BCUT2D eigenvalue weighted by Gasteiger charge is 2.29. The summed E-state index contributed by atoms with van der Waals surface area (Å²) in [5.41, 5.74) is 2.68. The second-order valence-corrected chi connectivity index (χ2v) is 5.71. The third-order valence-electron chi connectivity index (χ3n) is 3.74. The summed E-state index contributed by atoms with van der Waals surface area (Å²) < 4.78 is 0. The van der Waals surface area contributed by atoms with Crippen molar-refractivity contribution < 1.29 is 0 Å². The molecule has 2 aliphatic rings. The van der Waals surface area contributed by atoms with Crippen LogP contribution in [0.1, 0.15) is 42.3 Å². The molecule has 0 aromatic carbocycles. The van der Waals surface area contributed by atoms with Gasteiger partial charge in [0.25, 0.3) is 0 Å². The third kappa shape index (κ3) is 2.48. The molecule has 1 aromatic heterocycles. The lowest BCUT2D eigenvalue weighted by atomic mass is 10.2. The molecule has 1 aromatic rings. The molecule has 0 unspecified atom stereocenters. The van der Waals surface area contributed by atoms with E-state index in [4.69, 9.17) is 9.97 Å². The van der Waals surface area contributed by atoms with E-state index < -0.39 is 0 Å². The Morgan fingerprint density at radius 3 is 2.78 bits per heavy atom. The van der Waals surface area contributed by atoms with E-state index >= 15 is 0 Å². The third-order valence-corrected chi connectivity index (χ3v) is 3.74. The molecule has 1 fully saturated rings. The van der Waals surface area contributed by atoms with Gasteiger partial charge in [0.2, 0.25) is 0 Å². The summed E-state index contributed by atoms with van der Waals surface area (Å²) in [6, 6.07) is 0. The number of anilines is 1. The van der Waals surface area contributed by atoms with Gasteiger partial charge in [0, 0.05) is 30.3 Å². The van der Waals surface area contributed by atoms with Crippen LogP contribution < -0.4 is 5.32 Å². The molecule has 3 rings (SSSR count). The van der Waals surface area contributed by atoms with Crippen LogP contribution in [0.15, 0.2) is 0 Å². The van der Waals surface area contributed by atoms with Crippen LogP contribution in [0.3, 0.4) is 0 Å². The van der Waals surface area contributed by atoms with Crippen molar-refractivity contribution in [2.24, 2.45) is 0 Å². The zero-order valence-corrected chi connectivity index (χ0v) is 11.4. The summed E-state index contributed by atoms with van der Waals surface area (Å²) in [5.74, 6) is 2.84. The molecule has 1 saturated carbocycles. The summed E-state index contributed by atoms with van der Waals surface area (Å²) in [5, 5.41) is 3.51. The topological polar surface area (TPSA) is 41.0 Å². The van der Waals surface area contributed by atoms with E-state index in [9.17, 15) is 0 Å². The number of aromatic nitrogens is 2. The van der Waals surface area contributed by atoms with E-state index in [-0.39, 0.29) is 0 Å². The fraction of sp³-hybridized carbons (Fsp3) is 0.714. The summed E-state index contributed by atoms with van der Waals surface area (Å²) >= 11 is 0. The smallest absolute Gasteiger partial charge is 0.134 e. The number of nitrogens with zero attached hydrogens (tertiary/aromatic N) is 3. The van der Waals surface area contributed by atoms with Crippen LogP contribution in [0.25, 0.3) is 0 Å². The van der Waals surface area contributed by atoms with Gasteiger partial charge in [-0.15, -0.1) is 0 Å². The molecule has 1 N–H and O–H groups in total. The number of hydrogen-bond acceptors (Lipinski definition) is 4. The summed E-state index contributed by atoms with van der Waals surface area (Å²) in [4.78, 5) is 11.7. The Labute approximate surface area is 109 Å². The Morgan fingerprint density at radius 1 is 1.22 bits per heavy atom. The first kappa shape index (κ1) is 11.9. The molecular formula is C14H22N4. The molecule has 2 aliphatic carbocycles. The lowest BCUT2D eigenvalue weighted by Gasteiger charge is -2.14. The number of likely N-dealkylation sites (N-methyl/N-ethyl adjacent to an activating group) is 1. The van der Waals surface area contributed by atoms with Gasteiger partial charge in [0.1, 0.15) is 11.6 Å². The maximum Gasteiger partial charge on any atom is 0.134 e. The van der Waals surface area contributed by atoms with Crippen molar-refractivity contribution in [1.29, 1.82) is 0 Å². The summed E-state index contributed by atoms with van der Waals surface area (Å²) in [6.07, 6.45) is 6.07. The molecule has 98 valence electrons. The lowest BCUT2D eigenvalue weighted by Crippen LogP contribution is -2.22. The average molecular weight is 246 g/mol. The van der Waals surface area contributed by atoms with E-state index in [1.807, 2.05) is 0 Å². The van der Waals surface area contributed by atoms with Crippen molar-refractivity contribution in [3.05, 3.63) is 17.1 Å². The van der Waals surface area contributed by atoms with Gasteiger partial charge in [0.15, 0.2) is 0 Å². The summed E-state index contributed by atoms with van der Waals surface area (Å²) in [6.45, 7) is 2.00. The van der Waals surface area contributed by atoms with Gasteiger partial charge in [-0.2, -0.15) is 0 Å². The van der Waals surface area contributed by atoms with Crippen LogP contribution in [-0.4, -0.2) is 42.1 Å². The van der Waals surface area contributed by atoms with Gasteiger partial charge in [-0.05, 0) is 46.2 Å². The largest absolute Gasteiger partial charge is 0.368 e. The van der Waals surface area contributed by atoms with Crippen molar-refractivity contribution in [3.63, 3.8) is 0 Å². The van der Waals surface area contributed by atoms with E-state index in [1.54, 1.807) is 0 Å². The molecule has 0 saturated heterocycles. The van der Waals surface area contributed by atoms with Gasteiger partial charge < -0.3 is 10.2 Å². The predicted octanol–water partition coefficient (Wildman–Crippen LogP) is 1.82. The van der Waals surface area contributed by atoms with Crippen molar-refractivity contribution >= 4 is 5.82 Å². The minimum atomic E-state index is 0.644. The molecular weight excluding hydrogens is 224 g/mol. The Bertz CT molecular complexity index is 438. The average Bonchev–Trinajstić information content (AvgIpc) is 3.07. The predicted molar refractivity (Wildman–Crippen MR) is 73.1 cm³/mol. The van der Waals surface area contributed by atoms with Crippen molar-refractivity contribution in [3.8, 4) is 0 Å². The molecule has 0 bridgehead atoms. The highest BCUT2D eigenvalue weighted by molar-refractivity contribution is 5.49. The van der Waals surface area contributed by atoms with E-state index in [0.717, 1.165) is 37.6 Å². The SMILES string of the molecule is CN(C)CCNc1nc(C2CC2)nc2c1CCC2. The van der Waals surface area contributed by atoms with Gasteiger partial charge in [-0.3, -0.25) is 0 Å². The maximum atomic E-state index is 4.76. The standard InChI is InChI=1S/C14H22N4/c1-18(2)9-8-15-14-11-4-3-5-12(11)16-13(17-14)10-6-7-10/h10H,3-9H2,1-2H3,(H,15,16,17). The molecule has 0 aliphatic heterocycles. The Kier molecular flexibility index (Phi) is 3.20. The van der Waals surface area contributed by atoms with Crippen molar-refractivity contribution in [1.82, 2.24) is 14.9 Å². The van der Waals surface area contributed by atoms with Gasteiger partial charge in [-0.25, -0.2) is 9.97 Å². The maximum absolute atomic E-state index is 4.76. The zero-order valence-electron chi connectivity index (χ0n) is 11.4. The van der Waals surface area contributed by atoms with Crippen LogP contribution >= 0.6 is 0 Å². The van der Waals surface area contributed by atoms with Crippen LogP contribution in [0.2, 0.25) is 0 Å². The number of rotatable bonds is 5. The minimum absolute atomic E-state index is 0.644. The first-order valence-corrected chi connectivity index (χ1v) is 7.02. The summed E-state index contributed by atoms with van der Waals surface area (Å²) in [7, 11) is 4.20. The van der Waals surface area contributed by atoms with Crippen molar-refractivity contribution in [2.45, 2.75) is 38.0 Å². The number of nitrogens with one attached hydrogen (secondary N) is 1. The lowest BCUT2D eigenvalue weighted by molar-refractivity contribution is 0.425. The van der Waals surface area contributed by atoms with E-state index in [1.165, 1.54) is 30.5 Å². The van der Waals surface area contributed by atoms with Crippen molar-refractivity contribution in [2.75, 3.05) is 32.5 Å². The van der Waals surface area contributed by atoms with Crippen LogP contribution in [-0.2, 0) is 12.8 Å². The second-order valence-electron chi connectivity index (χ2n) is 5.71. The van der Waals surface area contributed by atoms with Gasteiger partial charge in [0.05, 0.1) is 0 Å². The quantitative estimate of drug-likeness (QED) is 0.860. The van der Waals surface area contributed by atoms with Crippen LogP contribution in [0, 0.1) is 0 Å². The molecule has 0 spiro atoms. The Balaban J connectivity index is 1.78. The highest BCUT2D eigenvalue weighted by Crippen LogP contribution is 2.40. The zero-order chi connectivity index (χ0) is 12.5. The molecule has 0 amide bonds. The fourth-order valence-corrected chi connectivity index (χ4v) is 2.52. The minimum Gasteiger partial charge on any atom is -0.368 e. The van der Waals surface area contributed by atoms with Crippen LogP contribution in [0.4, 0.5) is 5.82 Å². The highest BCUT2D eigenvalue weighted by atomic mass is 15.1. The molecule has 0 atom stereocenters. The first-order chi connectivity index (χ1) is 8.74. The molecule has 1 heterocycles. The number of aryl methyl sites for hydroxylation is 1.